The molecule has 1 N–H and O–H groups in total. The molecule has 0 unspecified atom stereocenters. The Bertz CT molecular complexity index is 233. The van der Waals surface area contributed by atoms with Crippen LogP contribution in [0.3, 0.4) is 0 Å². The van der Waals surface area contributed by atoms with Gasteiger partial charge in [-0.3, -0.25) is 0 Å². The fraction of sp³-hybridized carbons (Fsp3) is 1.00. The molecule has 0 saturated carbocycles. The maximum atomic E-state index is 8.87. The first-order valence-electron chi connectivity index (χ1n) is 7.60. The first-order chi connectivity index (χ1) is 8.92. The second-order valence-electron chi connectivity index (χ2n) is 6.59. The number of hydrogen-bond donors (Lipinski definition) is 1. The zero-order chi connectivity index (χ0) is 14.3. The van der Waals surface area contributed by atoms with Crippen molar-refractivity contribution < 1.29 is 9.84 Å². The van der Waals surface area contributed by atoms with Crippen LogP contribution in [0.1, 0.15) is 40.0 Å². The van der Waals surface area contributed by atoms with Crippen LogP contribution in [0.5, 0.6) is 0 Å². The minimum absolute atomic E-state index is 0.0250. The van der Waals surface area contributed by atoms with E-state index in [1.54, 1.807) is 0 Å². The van der Waals surface area contributed by atoms with Crippen molar-refractivity contribution in [3.63, 3.8) is 0 Å². The number of likely N-dealkylation sites (tertiary alicyclic amines) is 1. The molecule has 4 heteroatoms. The largest absolute Gasteiger partial charge is 0.396 e. The van der Waals surface area contributed by atoms with E-state index in [1.807, 2.05) is 0 Å². The molecule has 0 aromatic carbocycles. The van der Waals surface area contributed by atoms with Gasteiger partial charge in [-0.15, -0.1) is 0 Å². The molecule has 1 saturated heterocycles. The van der Waals surface area contributed by atoms with Gasteiger partial charge < -0.3 is 19.6 Å². The van der Waals surface area contributed by atoms with Gasteiger partial charge >= 0.3 is 0 Å². The van der Waals surface area contributed by atoms with Crippen molar-refractivity contribution in [2.24, 2.45) is 0 Å². The zero-order valence-electron chi connectivity index (χ0n) is 13.2. The highest BCUT2D eigenvalue weighted by Crippen LogP contribution is 2.15. The van der Waals surface area contributed by atoms with Crippen molar-refractivity contribution >= 4 is 0 Å². The molecule has 1 rings (SSSR count). The SMILES string of the molecule is CN(CCCO)C1CCN(CCOC(C)(C)C)CC1. The highest BCUT2D eigenvalue weighted by atomic mass is 16.5. The topological polar surface area (TPSA) is 35.9 Å². The van der Waals surface area contributed by atoms with Crippen LogP contribution >= 0.6 is 0 Å². The highest BCUT2D eigenvalue weighted by molar-refractivity contribution is 4.78. The molecule has 19 heavy (non-hydrogen) atoms. The monoisotopic (exact) mass is 272 g/mol. The molecule has 0 radical (unpaired) electrons. The highest BCUT2D eigenvalue weighted by Gasteiger charge is 2.22. The number of rotatable bonds is 7. The normalized spacial score (nSPS) is 19.3. The Kier molecular flexibility index (Phi) is 7.29. The van der Waals surface area contributed by atoms with Gasteiger partial charge in [0.25, 0.3) is 0 Å². The second-order valence-corrected chi connectivity index (χ2v) is 6.59. The van der Waals surface area contributed by atoms with Crippen LogP contribution < -0.4 is 0 Å². The Balaban J connectivity index is 2.14. The molecular formula is C15H32N2O2. The van der Waals surface area contributed by atoms with E-state index in [0.29, 0.717) is 12.6 Å². The maximum absolute atomic E-state index is 8.87. The van der Waals surface area contributed by atoms with Gasteiger partial charge in [0.2, 0.25) is 0 Å². The molecule has 0 aromatic heterocycles. The van der Waals surface area contributed by atoms with Crippen molar-refractivity contribution in [1.82, 2.24) is 9.80 Å². The Hall–Kier alpha value is -0.160. The summed E-state index contributed by atoms with van der Waals surface area (Å²) in [4.78, 5) is 4.90. The standard InChI is InChI=1S/C15H32N2O2/c1-15(2,3)19-13-11-17-9-6-14(7-10-17)16(4)8-5-12-18/h14,18H,5-13H2,1-4H3. The zero-order valence-corrected chi connectivity index (χ0v) is 13.2. The van der Waals surface area contributed by atoms with Gasteiger partial charge in [-0.1, -0.05) is 0 Å². The number of nitrogens with zero attached hydrogens (tertiary/aromatic N) is 2. The average molecular weight is 272 g/mol. The minimum atomic E-state index is -0.0250. The van der Waals surface area contributed by atoms with Gasteiger partial charge in [-0.2, -0.15) is 0 Å². The quantitative estimate of drug-likeness (QED) is 0.763. The van der Waals surface area contributed by atoms with Crippen LogP contribution in [0.15, 0.2) is 0 Å². The number of aliphatic hydroxyl groups is 1. The lowest BCUT2D eigenvalue weighted by Gasteiger charge is -2.37. The molecular weight excluding hydrogens is 240 g/mol. The van der Waals surface area contributed by atoms with Gasteiger partial charge in [0.15, 0.2) is 0 Å². The van der Waals surface area contributed by atoms with Gasteiger partial charge in [0.1, 0.15) is 0 Å². The summed E-state index contributed by atoms with van der Waals surface area (Å²) in [6, 6.07) is 0.686. The molecule has 1 fully saturated rings. The summed E-state index contributed by atoms with van der Waals surface area (Å²) in [5, 5.41) is 8.87. The van der Waals surface area contributed by atoms with Crippen molar-refractivity contribution in [2.45, 2.75) is 51.7 Å². The van der Waals surface area contributed by atoms with Crippen LogP contribution in [-0.4, -0.2) is 73.0 Å². The molecule has 1 heterocycles. The Morgan fingerprint density at radius 1 is 1.26 bits per heavy atom. The molecule has 0 amide bonds. The number of aliphatic hydroxyl groups excluding tert-OH is 1. The fourth-order valence-electron chi connectivity index (χ4n) is 2.57. The van der Waals surface area contributed by atoms with E-state index in [9.17, 15) is 0 Å². The molecule has 0 spiro atoms. The average Bonchev–Trinajstić information content (AvgIpc) is 2.35. The van der Waals surface area contributed by atoms with E-state index in [2.05, 4.69) is 37.6 Å². The molecule has 0 aliphatic carbocycles. The van der Waals surface area contributed by atoms with E-state index in [1.165, 1.54) is 25.9 Å². The van der Waals surface area contributed by atoms with Gasteiger partial charge in [-0.25, -0.2) is 0 Å². The fourth-order valence-corrected chi connectivity index (χ4v) is 2.57. The van der Waals surface area contributed by atoms with E-state index < -0.39 is 0 Å². The third-order valence-corrected chi connectivity index (χ3v) is 3.79. The first-order valence-corrected chi connectivity index (χ1v) is 7.60. The predicted octanol–water partition coefficient (Wildman–Crippen LogP) is 1.58. The summed E-state index contributed by atoms with van der Waals surface area (Å²) in [5.74, 6) is 0. The molecule has 114 valence electrons. The van der Waals surface area contributed by atoms with E-state index >= 15 is 0 Å². The summed E-state index contributed by atoms with van der Waals surface area (Å²) < 4.78 is 5.78. The molecule has 1 aliphatic rings. The summed E-state index contributed by atoms with van der Waals surface area (Å²) in [7, 11) is 2.18. The van der Waals surface area contributed by atoms with Crippen LogP contribution in [0.25, 0.3) is 0 Å². The number of ether oxygens (including phenoxy) is 1. The van der Waals surface area contributed by atoms with Crippen molar-refractivity contribution in [3.05, 3.63) is 0 Å². The van der Waals surface area contributed by atoms with Crippen LogP contribution in [0, 0.1) is 0 Å². The van der Waals surface area contributed by atoms with Crippen LogP contribution in [0.4, 0.5) is 0 Å². The van der Waals surface area contributed by atoms with E-state index in [4.69, 9.17) is 9.84 Å². The first kappa shape index (κ1) is 16.9. The minimum Gasteiger partial charge on any atom is -0.396 e. The van der Waals surface area contributed by atoms with Gasteiger partial charge in [0.05, 0.1) is 12.2 Å². The Labute approximate surface area is 118 Å². The number of hydrogen-bond acceptors (Lipinski definition) is 4. The van der Waals surface area contributed by atoms with Gasteiger partial charge in [-0.05, 0) is 60.2 Å². The van der Waals surface area contributed by atoms with Gasteiger partial charge in [0, 0.05) is 25.7 Å². The summed E-state index contributed by atoms with van der Waals surface area (Å²) in [5.41, 5.74) is -0.0250. The van der Waals surface area contributed by atoms with Crippen LogP contribution in [0.2, 0.25) is 0 Å². The summed E-state index contributed by atoms with van der Waals surface area (Å²) in [6.45, 7) is 11.8. The van der Waals surface area contributed by atoms with Crippen LogP contribution in [-0.2, 0) is 4.74 Å². The van der Waals surface area contributed by atoms with E-state index in [0.717, 1.165) is 26.1 Å². The third-order valence-electron chi connectivity index (χ3n) is 3.79. The summed E-state index contributed by atoms with van der Waals surface area (Å²) >= 11 is 0. The molecule has 0 aromatic rings. The maximum Gasteiger partial charge on any atom is 0.0600 e. The van der Waals surface area contributed by atoms with Crippen molar-refractivity contribution in [2.75, 3.05) is 46.4 Å². The summed E-state index contributed by atoms with van der Waals surface area (Å²) in [6.07, 6.45) is 3.35. The lowest BCUT2D eigenvalue weighted by Crippen LogP contribution is -2.44. The Morgan fingerprint density at radius 3 is 2.42 bits per heavy atom. The smallest absolute Gasteiger partial charge is 0.0600 e. The van der Waals surface area contributed by atoms with Crippen molar-refractivity contribution in [1.29, 1.82) is 0 Å². The molecule has 4 nitrogen and oxygen atoms in total. The number of piperidine rings is 1. The predicted molar refractivity (Wildman–Crippen MR) is 79.5 cm³/mol. The molecule has 1 aliphatic heterocycles. The molecule has 0 bridgehead atoms. The Morgan fingerprint density at radius 2 is 1.89 bits per heavy atom. The molecule has 0 atom stereocenters. The second kappa shape index (κ2) is 8.20. The van der Waals surface area contributed by atoms with E-state index in [-0.39, 0.29) is 5.60 Å². The van der Waals surface area contributed by atoms with Crippen molar-refractivity contribution in [3.8, 4) is 0 Å². The lowest BCUT2D eigenvalue weighted by molar-refractivity contribution is -0.0172. The lowest BCUT2D eigenvalue weighted by atomic mass is 10.0. The third kappa shape index (κ3) is 7.25.